The second kappa shape index (κ2) is 6.46. The summed E-state index contributed by atoms with van der Waals surface area (Å²) >= 11 is 1.27. The van der Waals surface area contributed by atoms with E-state index in [4.69, 9.17) is 0 Å². The lowest BCUT2D eigenvalue weighted by molar-refractivity contribution is 0.0695. The SMILES string of the molecule is CN1CC=C2CN(c3nc4c(cc3F)c(=O)c(C(=O)O)cn4-c3nccs3)CC21. The summed E-state index contributed by atoms with van der Waals surface area (Å²) in [6, 6.07) is 1.31. The summed E-state index contributed by atoms with van der Waals surface area (Å²) in [5.41, 5.74) is 0.196. The van der Waals surface area contributed by atoms with E-state index in [0.29, 0.717) is 18.2 Å². The van der Waals surface area contributed by atoms with Crippen LogP contribution in [0, 0.1) is 5.82 Å². The Hall–Kier alpha value is -3.11. The van der Waals surface area contributed by atoms with Crippen molar-refractivity contribution in [1.29, 1.82) is 0 Å². The first-order valence-corrected chi connectivity index (χ1v) is 9.85. The Morgan fingerprint density at radius 3 is 2.93 bits per heavy atom. The molecular weight excluding hydrogens is 397 g/mol. The Labute approximate surface area is 168 Å². The molecule has 29 heavy (non-hydrogen) atoms. The van der Waals surface area contributed by atoms with Crippen LogP contribution in [0.3, 0.4) is 0 Å². The first-order chi connectivity index (χ1) is 13.9. The van der Waals surface area contributed by atoms with Crippen molar-refractivity contribution in [2.75, 3.05) is 31.6 Å². The molecule has 2 aliphatic rings. The van der Waals surface area contributed by atoms with Gasteiger partial charge >= 0.3 is 5.97 Å². The molecule has 0 amide bonds. The zero-order valence-corrected chi connectivity index (χ0v) is 16.2. The standard InChI is InChI=1S/C19H16FN5O3S/c1-23-4-2-10-7-24(9-14(10)23)17-13(20)6-11-15(26)12(18(27)28)8-25(16(11)22-17)19-21-3-5-29-19/h2-3,5-6,8,14H,4,7,9H2,1H3,(H,27,28). The van der Waals surface area contributed by atoms with Crippen molar-refractivity contribution in [1.82, 2.24) is 19.4 Å². The number of hydrogen-bond donors (Lipinski definition) is 1. The quantitative estimate of drug-likeness (QED) is 0.654. The number of aromatic carboxylic acids is 1. The van der Waals surface area contributed by atoms with Gasteiger partial charge in [-0.05, 0) is 18.7 Å². The van der Waals surface area contributed by atoms with Crippen molar-refractivity contribution < 1.29 is 14.3 Å². The summed E-state index contributed by atoms with van der Waals surface area (Å²) < 4.78 is 16.4. The monoisotopic (exact) mass is 413 g/mol. The van der Waals surface area contributed by atoms with Crippen LogP contribution in [0.5, 0.6) is 0 Å². The highest BCUT2D eigenvalue weighted by Crippen LogP contribution is 2.31. The van der Waals surface area contributed by atoms with Crippen molar-refractivity contribution in [2.24, 2.45) is 0 Å². The van der Waals surface area contributed by atoms with Gasteiger partial charge in [0.1, 0.15) is 5.56 Å². The summed E-state index contributed by atoms with van der Waals surface area (Å²) in [4.78, 5) is 36.9. The van der Waals surface area contributed by atoms with Gasteiger partial charge in [0, 0.05) is 37.4 Å². The number of anilines is 1. The molecule has 0 bridgehead atoms. The lowest BCUT2D eigenvalue weighted by Gasteiger charge is -2.22. The maximum atomic E-state index is 15.0. The number of fused-ring (bicyclic) bond motifs is 2. The normalized spacial score (nSPS) is 19.0. The molecule has 0 saturated carbocycles. The number of nitrogens with zero attached hydrogens (tertiary/aromatic N) is 5. The van der Waals surface area contributed by atoms with E-state index in [1.807, 2.05) is 11.9 Å². The Balaban J connectivity index is 1.72. The number of carboxylic acid groups (broad SMARTS) is 1. The fourth-order valence-corrected chi connectivity index (χ4v) is 4.58. The minimum absolute atomic E-state index is 0.0860. The van der Waals surface area contributed by atoms with Crippen molar-refractivity contribution >= 4 is 34.2 Å². The molecule has 0 aromatic carbocycles. The largest absolute Gasteiger partial charge is 0.477 e. The molecule has 148 valence electrons. The van der Waals surface area contributed by atoms with Gasteiger partial charge in [-0.2, -0.15) is 0 Å². The van der Waals surface area contributed by atoms with Gasteiger partial charge in [-0.1, -0.05) is 6.08 Å². The van der Waals surface area contributed by atoms with Gasteiger partial charge in [0.2, 0.25) is 5.43 Å². The van der Waals surface area contributed by atoms with Crippen LogP contribution in [0.4, 0.5) is 10.2 Å². The van der Waals surface area contributed by atoms with E-state index in [-0.39, 0.29) is 22.9 Å². The molecule has 2 aliphatic heterocycles. The predicted molar refractivity (Wildman–Crippen MR) is 107 cm³/mol. The Morgan fingerprint density at radius 2 is 2.24 bits per heavy atom. The van der Waals surface area contributed by atoms with Gasteiger partial charge in [0.15, 0.2) is 22.4 Å². The van der Waals surface area contributed by atoms with Crippen molar-refractivity contribution in [3.8, 4) is 5.13 Å². The molecule has 1 atom stereocenters. The van der Waals surface area contributed by atoms with E-state index in [1.165, 1.54) is 27.7 Å². The van der Waals surface area contributed by atoms with E-state index >= 15 is 0 Å². The van der Waals surface area contributed by atoms with E-state index < -0.39 is 22.8 Å². The van der Waals surface area contributed by atoms with Crippen LogP contribution in [0.1, 0.15) is 10.4 Å². The fraction of sp³-hybridized carbons (Fsp3) is 0.263. The van der Waals surface area contributed by atoms with E-state index in [2.05, 4.69) is 20.9 Å². The van der Waals surface area contributed by atoms with Gasteiger partial charge in [0.05, 0.1) is 11.4 Å². The Morgan fingerprint density at radius 1 is 1.41 bits per heavy atom. The molecule has 8 nitrogen and oxygen atoms in total. The van der Waals surface area contributed by atoms with Gasteiger partial charge in [-0.25, -0.2) is 19.2 Å². The molecule has 1 unspecified atom stereocenters. The van der Waals surface area contributed by atoms with Gasteiger partial charge < -0.3 is 10.0 Å². The third-order valence-corrected chi connectivity index (χ3v) is 6.21. The molecule has 0 spiro atoms. The zero-order valence-electron chi connectivity index (χ0n) is 15.4. The fourth-order valence-electron chi connectivity index (χ4n) is 3.96. The third-order valence-electron chi connectivity index (χ3n) is 5.44. The molecule has 1 N–H and O–H groups in total. The minimum atomic E-state index is -1.38. The van der Waals surface area contributed by atoms with Gasteiger partial charge in [-0.3, -0.25) is 14.3 Å². The van der Waals surface area contributed by atoms with Crippen molar-refractivity contribution in [3.05, 3.63) is 57.1 Å². The molecule has 3 aromatic heterocycles. The van der Waals surface area contributed by atoms with Crippen LogP contribution in [-0.4, -0.2) is 63.2 Å². The van der Waals surface area contributed by atoms with Gasteiger partial charge in [-0.15, -0.1) is 11.3 Å². The minimum Gasteiger partial charge on any atom is -0.477 e. The van der Waals surface area contributed by atoms with Gasteiger partial charge in [0.25, 0.3) is 0 Å². The maximum absolute atomic E-state index is 15.0. The zero-order chi connectivity index (χ0) is 20.3. The molecule has 1 saturated heterocycles. The Kier molecular flexibility index (Phi) is 4.00. The van der Waals surface area contributed by atoms with Crippen LogP contribution >= 0.6 is 11.3 Å². The average molecular weight is 413 g/mol. The highest BCUT2D eigenvalue weighted by Gasteiger charge is 2.35. The lowest BCUT2D eigenvalue weighted by Crippen LogP contribution is -2.33. The summed E-state index contributed by atoms with van der Waals surface area (Å²) in [6.07, 6.45) is 4.92. The molecule has 5 heterocycles. The lowest BCUT2D eigenvalue weighted by atomic mass is 10.2. The number of halogens is 1. The number of hydrogen-bond acceptors (Lipinski definition) is 7. The predicted octanol–water partition coefficient (Wildman–Crippen LogP) is 1.74. The molecule has 0 aliphatic carbocycles. The van der Waals surface area contributed by atoms with E-state index in [9.17, 15) is 19.1 Å². The molecular formula is C19H16FN5O3S. The Bertz CT molecular complexity index is 1240. The average Bonchev–Trinajstić information content (AvgIpc) is 3.41. The molecule has 3 aromatic rings. The van der Waals surface area contributed by atoms with Crippen molar-refractivity contribution in [2.45, 2.75) is 6.04 Å². The summed E-state index contributed by atoms with van der Waals surface area (Å²) in [6.45, 7) is 2.05. The topological polar surface area (TPSA) is 91.6 Å². The highest BCUT2D eigenvalue weighted by molar-refractivity contribution is 7.12. The smallest absolute Gasteiger partial charge is 0.341 e. The number of pyridine rings is 2. The van der Waals surface area contributed by atoms with Crippen LogP contribution in [0.15, 0.2) is 40.3 Å². The number of carbonyl (C=O) groups is 1. The van der Waals surface area contributed by atoms with E-state index in [0.717, 1.165) is 12.6 Å². The summed E-state index contributed by atoms with van der Waals surface area (Å²) in [5, 5.41) is 11.5. The number of carboxylic acids is 1. The molecule has 0 radical (unpaired) electrons. The first-order valence-electron chi connectivity index (χ1n) is 8.97. The molecule has 1 fully saturated rings. The number of likely N-dealkylation sites (N-methyl/N-ethyl adjacent to an activating group) is 1. The van der Waals surface area contributed by atoms with Crippen LogP contribution < -0.4 is 10.3 Å². The second-order valence-electron chi connectivity index (χ2n) is 7.14. The molecule has 5 rings (SSSR count). The van der Waals surface area contributed by atoms with Crippen LogP contribution in [0.25, 0.3) is 16.2 Å². The van der Waals surface area contributed by atoms with Crippen molar-refractivity contribution in [3.63, 3.8) is 0 Å². The molecule has 10 heteroatoms. The van der Waals surface area contributed by atoms with E-state index in [1.54, 1.807) is 11.6 Å². The highest BCUT2D eigenvalue weighted by atomic mass is 32.1. The van der Waals surface area contributed by atoms with Crippen LogP contribution in [0.2, 0.25) is 0 Å². The second-order valence-corrected chi connectivity index (χ2v) is 8.01. The number of aromatic nitrogens is 3. The summed E-state index contributed by atoms with van der Waals surface area (Å²) in [7, 11) is 2.02. The third kappa shape index (κ3) is 2.75. The number of thiazole rings is 1. The summed E-state index contributed by atoms with van der Waals surface area (Å²) in [5.74, 6) is -1.88. The maximum Gasteiger partial charge on any atom is 0.341 e. The number of rotatable bonds is 3. The van der Waals surface area contributed by atoms with Crippen LogP contribution in [-0.2, 0) is 0 Å². The first kappa shape index (κ1) is 18.0.